The molecule has 0 aliphatic carbocycles. The molecule has 1 N–H and O–H groups in total. The van der Waals surface area contributed by atoms with E-state index in [4.69, 9.17) is 21.1 Å². The number of aromatic nitrogens is 2. The van der Waals surface area contributed by atoms with Crippen LogP contribution in [0.15, 0.2) is 48.8 Å². The predicted molar refractivity (Wildman–Crippen MR) is 110 cm³/mol. The number of nitro groups is 1. The minimum Gasteiger partial charge on any atom is -0.486 e. The number of para-hydroxylation sites is 1. The number of carbonyl (C=O) groups excluding carboxylic acids is 1. The summed E-state index contributed by atoms with van der Waals surface area (Å²) in [6.45, 7) is 1.84. The number of nitro benzene ring substituents is 1. The Bertz CT molecular complexity index is 1090. The molecule has 0 saturated heterocycles. The van der Waals surface area contributed by atoms with E-state index in [1.54, 1.807) is 37.3 Å². The second-order valence-electron chi connectivity index (χ2n) is 6.18. The first-order chi connectivity index (χ1) is 14.4. The lowest BCUT2D eigenvalue weighted by Gasteiger charge is -2.10. The number of hydrogen-bond donors (Lipinski definition) is 1. The van der Waals surface area contributed by atoms with Gasteiger partial charge in [0.2, 0.25) is 5.95 Å². The van der Waals surface area contributed by atoms with Gasteiger partial charge < -0.3 is 14.8 Å². The van der Waals surface area contributed by atoms with Gasteiger partial charge in [0, 0.05) is 16.7 Å². The van der Waals surface area contributed by atoms with E-state index in [9.17, 15) is 14.9 Å². The summed E-state index contributed by atoms with van der Waals surface area (Å²) in [6, 6.07) is 9.49. The Labute approximate surface area is 176 Å². The first kappa shape index (κ1) is 21.0. The van der Waals surface area contributed by atoms with Gasteiger partial charge in [-0.25, -0.2) is 14.8 Å². The third-order valence-corrected chi connectivity index (χ3v) is 4.54. The van der Waals surface area contributed by atoms with E-state index in [1.807, 2.05) is 0 Å². The maximum absolute atomic E-state index is 11.7. The monoisotopic (exact) mass is 428 g/mol. The number of halogens is 1. The Balaban J connectivity index is 1.71. The highest BCUT2D eigenvalue weighted by atomic mass is 35.5. The maximum Gasteiger partial charge on any atom is 0.337 e. The van der Waals surface area contributed by atoms with Crippen LogP contribution in [0.5, 0.6) is 5.75 Å². The second-order valence-corrected chi connectivity index (χ2v) is 6.59. The summed E-state index contributed by atoms with van der Waals surface area (Å²) in [5, 5.41) is 14.5. The van der Waals surface area contributed by atoms with Gasteiger partial charge in [0.15, 0.2) is 5.75 Å². The molecule has 0 amide bonds. The van der Waals surface area contributed by atoms with Crippen molar-refractivity contribution in [2.75, 3.05) is 12.4 Å². The topological polar surface area (TPSA) is 116 Å². The van der Waals surface area contributed by atoms with Crippen LogP contribution in [-0.2, 0) is 11.3 Å². The molecular weight excluding hydrogens is 412 g/mol. The van der Waals surface area contributed by atoms with Crippen molar-refractivity contribution in [1.82, 2.24) is 9.97 Å². The molecule has 3 rings (SSSR count). The zero-order chi connectivity index (χ0) is 21.7. The molecule has 30 heavy (non-hydrogen) atoms. The third kappa shape index (κ3) is 4.81. The number of benzene rings is 2. The van der Waals surface area contributed by atoms with Gasteiger partial charge in [0.25, 0.3) is 5.69 Å². The molecule has 0 aliphatic heterocycles. The minimum absolute atomic E-state index is 0.0703. The summed E-state index contributed by atoms with van der Waals surface area (Å²) in [5.74, 6) is 0.0711. The number of nitrogens with zero attached hydrogens (tertiary/aromatic N) is 3. The number of hydrogen-bond acceptors (Lipinski definition) is 8. The normalized spacial score (nSPS) is 10.4. The average molecular weight is 429 g/mol. The van der Waals surface area contributed by atoms with Crippen molar-refractivity contribution in [3.8, 4) is 5.75 Å². The van der Waals surface area contributed by atoms with Gasteiger partial charge in [-0.2, -0.15) is 0 Å². The van der Waals surface area contributed by atoms with E-state index in [0.717, 1.165) is 0 Å². The van der Waals surface area contributed by atoms with E-state index < -0.39 is 10.9 Å². The number of ether oxygens (including phenoxy) is 2. The molecule has 154 valence electrons. The van der Waals surface area contributed by atoms with E-state index in [1.165, 1.54) is 25.6 Å². The Morgan fingerprint density at radius 1 is 1.23 bits per heavy atom. The van der Waals surface area contributed by atoms with Gasteiger partial charge in [-0.1, -0.05) is 23.7 Å². The van der Waals surface area contributed by atoms with Crippen LogP contribution < -0.4 is 10.1 Å². The summed E-state index contributed by atoms with van der Waals surface area (Å²) in [7, 11) is 1.30. The molecular formula is C20H17ClN4O5. The summed E-state index contributed by atoms with van der Waals surface area (Å²) < 4.78 is 10.3. The zero-order valence-electron chi connectivity index (χ0n) is 16.1. The lowest BCUT2D eigenvalue weighted by Crippen LogP contribution is -2.05. The van der Waals surface area contributed by atoms with Crippen molar-refractivity contribution in [3.63, 3.8) is 0 Å². The van der Waals surface area contributed by atoms with Crippen LogP contribution >= 0.6 is 11.6 Å². The highest BCUT2D eigenvalue weighted by molar-refractivity contribution is 6.31. The molecule has 0 atom stereocenters. The van der Waals surface area contributed by atoms with Gasteiger partial charge in [-0.3, -0.25) is 10.1 Å². The van der Waals surface area contributed by atoms with Crippen LogP contribution in [0, 0.1) is 17.0 Å². The fourth-order valence-electron chi connectivity index (χ4n) is 2.63. The summed E-state index contributed by atoms with van der Waals surface area (Å²) in [4.78, 5) is 30.7. The maximum atomic E-state index is 11.7. The van der Waals surface area contributed by atoms with Crippen molar-refractivity contribution >= 4 is 34.9 Å². The van der Waals surface area contributed by atoms with E-state index in [0.29, 0.717) is 33.1 Å². The molecule has 0 bridgehead atoms. The van der Waals surface area contributed by atoms with Crippen LogP contribution in [0.4, 0.5) is 17.3 Å². The van der Waals surface area contributed by atoms with Crippen molar-refractivity contribution in [3.05, 3.63) is 80.6 Å². The van der Waals surface area contributed by atoms with Crippen LogP contribution in [0.1, 0.15) is 21.5 Å². The summed E-state index contributed by atoms with van der Waals surface area (Å²) in [5.41, 5.74) is 1.89. The lowest BCUT2D eigenvalue weighted by atomic mass is 10.1. The van der Waals surface area contributed by atoms with Crippen LogP contribution in [-0.4, -0.2) is 28.0 Å². The van der Waals surface area contributed by atoms with Crippen molar-refractivity contribution in [2.45, 2.75) is 13.5 Å². The SMILES string of the molecule is COC(=O)c1ccc(Cl)c(COc2cnc(Nc3c(C)cccc3[N+](=O)[O-])nc2)c1. The molecule has 0 radical (unpaired) electrons. The number of methoxy groups -OCH3 is 1. The van der Waals surface area contributed by atoms with Crippen LogP contribution in [0.2, 0.25) is 5.02 Å². The number of nitrogens with one attached hydrogen (secondary N) is 1. The van der Waals surface area contributed by atoms with Crippen molar-refractivity contribution in [2.24, 2.45) is 0 Å². The van der Waals surface area contributed by atoms with Crippen LogP contribution in [0.3, 0.4) is 0 Å². The first-order valence-corrected chi connectivity index (χ1v) is 9.09. The summed E-state index contributed by atoms with van der Waals surface area (Å²) in [6.07, 6.45) is 2.86. The van der Waals surface area contributed by atoms with Crippen molar-refractivity contribution in [1.29, 1.82) is 0 Å². The second kappa shape index (κ2) is 9.19. The Kier molecular flexibility index (Phi) is 6.43. The molecule has 0 unspecified atom stereocenters. The van der Waals surface area contributed by atoms with E-state index in [-0.39, 0.29) is 18.2 Å². The molecule has 10 heteroatoms. The van der Waals surface area contributed by atoms with Gasteiger partial charge in [-0.05, 0) is 30.7 Å². The molecule has 0 fully saturated rings. The van der Waals surface area contributed by atoms with Gasteiger partial charge >= 0.3 is 5.97 Å². The molecule has 1 heterocycles. The molecule has 0 aliphatic rings. The predicted octanol–water partition coefficient (Wildman–Crippen LogP) is 4.46. The molecule has 0 spiro atoms. The number of anilines is 2. The fourth-order valence-corrected chi connectivity index (χ4v) is 2.80. The summed E-state index contributed by atoms with van der Waals surface area (Å²) >= 11 is 6.15. The van der Waals surface area contributed by atoms with Gasteiger partial charge in [-0.15, -0.1) is 0 Å². The average Bonchev–Trinajstić information content (AvgIpc) is 2.74. The van der Waals surface area contributed by atoms with Crippen LogP contribution in [0.25, 0.3) is 0 Å². The quantitative estimate of drug-likeness (QED) is 0.333. The Morgan fingerprint density at radius 2 is 1.97 bits per heavy atom. The van der Waals surface area contributed by atoms with Gasteiger partial charge in [0.05, 0.1) is 30.0 Å². The van der Waals surface area contributed by atoms with Gasteiger partial charge in [0.1, 0.15) is 12.3 Å². The molecule has 2 aromatic carbocycles. The molecule has 3 aromatic rings. The standard InChI is InChI=1S/C20H17ClN4O5/c1-12-4-3-5-17(25(27)28)18(12)24-20-22-9-15(10-23-20)30-11-14-8-13(19(26)29-2)6-7-16(14)21/h3-10H,11H2,1-2H3,(H,22,23,24). The molecule has 0 saturated carbocycles. The Hall–Kier alpha value is -3.72. The van der Waals surface area contributed by atoms with E-state index in [2.05, 4.69) is 15.3 Å². The third-order valence-electron chi connectivity index (χ3n) is 4.17. The first-order valence-electron chi connectivity index (χ1n) is 8.71. The largest absolute Gasteiger partial charge is 0.486 e. The smallest absolute Gasteiger partial charge is 0.337 e. The fraction of sp³-hybridized carbons (Fsp3) is 0.150. The number of carbonyl (C=O) groups is 1. The number of rotatable bonds is 7. The van der Waals surface area contributed by atoms with Crippen molar-refractivity contribution < 1.29 is 19.2 Å². The highest BCUT2D eigenvalue weighted by Gasteiger charge is 2.16. The highest BCUT2D eigenvalue weighted by Crippen LogP contribution is 2.29. The number of esters is 1. The number of aryl methyl sites for hydroxylation is 1. The van der Waals surface area contributed by atoms with E-state index >= 15 is 0 Å². The minimum atomic E-state index is -0.475. The molecule has 9 nitrogen and oxygen atoms in total. The Morgan fingerprint density at radius 3 is 2.63 bits per heavy atom. The molecule has 1 aromatic heterocycles. The lowest BCUT2D eigenvalue weighted by molar-refractivity contribution is -0.384. The zero-order valence-corrected chi connectivity index (χ0v) is 16.8.